The Labute approximate surface area is 163 Å². The number of benzene rings is 2. The van der Waals surface area contributed by atoms with Crippen molar-refractivity contribution in [2.75, 3.05) is 18.6 Å². The zero-order valence-corrected chi connectivity index (χ0v) is 15.8. The molecule has 1 fully saturated rings. The smallest absolute Gasteiger partial charge is 0.346 e. The minimum absolute atomic E-state index is 0.0734. The fourth-order valence-electron chi connectivity index (χ4n) is 3.90. The fraction of sp³-hybridized carbons (Fsp3) is 0.318. The molecule has 144 valence electrons. The van der Waals surface area contributed by atoms with Crippen molar-refractivity contribution in [2.24, 2.45) is 5.92 Å². The Balaban J connectivity index is 1.49. The minimum atomic E-state index is -0.986. The molecule has 1 saturated heterocycles. The molecule has 4 rings (SSSR count). The van der Waals surface area contributed by atoms with Gasteiger partial charge in [0.15, 0.2) is 6.10 Å². The molecule has 2 aromatic rings. The van der Waals surface area contributed by atoms with Crippen LogP contribution in [0.5, 0.6) is 0 Å². The quantitative estimate of drug-likeness (QED) is 0.652. The normalized spacial score (nSPS) is 18.4. The third-order valence-electron chi connectivity index (χ3n) is 5.37. The van der Waals surface area contributed by atoms with Gasteiger partial charge in [-0.15, -0.1) is 0 Å². The van der Waals surface area contributed by atoms with E-state index in [0.29, 0.717) is 0 Å². The SMILES string of the molecule is COC(=O)[C@@H](C)OC(=O)[C@@H]1CC(=O)N(c2ccc3c(c2)Cc2ccccc2-3)C1. The number of anilines is 1. The maximum atomic E-state index is 12.5. The average Bonchev–Trinajstić information content (AvgIpc) is 3.27. The molecular weight excluding hydrogens is 358 g/mol. The third kappa shape index (κ3) is 3.15. The first-order valence-electron chi connectivity index (χ1n) is 9.28. The van der Waals surface area contributed by atoms with E-state index in [1.807, 2.05) is 30.3 Å². The van der Waals surface area contributed by atoms with Crippen molar-refractivity contribution in [3.05, 3.63) is 53.6 Å². The first kappa shape index (κ1) is 18.2. The maximum absolute atomic E-state index is 12.5. The van der Waals surface area contributed by atoms with E-state index in [0.717, 1.165) is 12.1 Å². The molecule has 1 aliphatic heterocycles. The van der Waals surface area contributed by atoms with Gasteiger partial charge in [-0.1, -0.05) is 30.3 Å². The van der Waals surface area contributed by atoms with E-state index in [1.165, 1.54) is 36.3 Å². The molecule has 6 heteroatoms. The number of carbonyl (C=O) groups excluding carboxylic acids is 3. The Bertz CT molecular complexity index is 967. The predicted molar refractivity (Wildman–Crippen MR) is 103 cm³/mol. The third-order valence-corrected chi connectivity index (χ3v) is 5.37. The molecule has 0 aromatic heterocycles. The lowest BCUT2D eigenvalue weighted by Gasteiger charge is -2.18. The summed E-state index contributed by atoms with van der Waals surface area (Å²) < 4.78 is 9.71. The van der Waals surface area contributed by atoms with Crippen molar-refractivity contribution in [3.63, 3.8) is 0 Å². The zero-order chi connectivity index (χ0) is 19.8. The van der Waals surface area contributed by atoms with Crippen LogP contribution in [0.1, 0.15) is 24.5 Å². The summed E-state index contributed by atoms with van der Waals surface area (Å²) in [5, 5.41) is 0. The molecule has 1 aliphatic carbocycles. The van der Waals surface area contributed by atoms with Gasteiger partial charge in [-0.05, 0) is 47.7 Å². The zero-order valence-electron chi connectivity index (χ0n) is 15.8. The highest BCUT2D eigenvalue weighted by Gasteiger charge is 2.37. The minimum Gasteiger partial charge on any atom is -0.466 e. The van der Waals surface area contributed by atoms with Crippen molar-refractivity contribution >= 4 is 23.5 Å². The van der Waals surface area contributed by atoms with Gasteiger partial charge in [0.05, 0.1) is 13.0 Å². The molecule has 1 amide bonds. The van der Waals surface area contributed by atoms with Gasteiger partial charge in [-0.25, -0.2) is 4.79 Å². The fourth-order valence-corrected chi connectivity index (χ4v) is 3.90. The molecule has 0 saturated carbocycles. The highest BCUT2D eigenvalue weighted by Crippen LogP contribution is 2.39. The summed E-state index contributed by atoms with van der Waals surface area (Å²) in [5.74, 6) is -1.89. The molecular formula is C22H21NO5. The van der Waals surface area contributed by atoms with E-state index in [-0.39, 0.29) is 18.9 Å². The van der Waals surface area contributed by atoms with Crippen LogP contribution in [0, 0.1) is 5.92 Å². The summed E-state index contributed by atoms with van der Waals surface area (Å²) in [5.41, 5.74) is 5.66. The lowest BCUT2D eigenvalue weighted by molar-refractivity contribution is -0.167. The molecule has 2 atom stereocenters. The van der Waals surface area contributed by atoms with Crippen molar-refractivity contribution < 1.29 is 23.9 Å². The second-order valence-electron chi connectivity index (χ2n) is 7.18. The summed E-state index contributed by atoms with van der Waals surface area (Å²) in [6.45, 7) is 1.70. The molecule has 2 aliphatic rings. The van der Waals surface area contributed by atoms with E-state index in [9.17, 15) is 14.4 Å². The van der Waals surface area contributed by atoms with Gasteiger partial charge in [-0.2, -0.15) is 0 Å². The number of nitrogens with zero attached hydrogens (tertiary/aromatic N) is 1. The predicted octanol–water partition coefficient (Wildman–Crippen LogP) is 2.72. The number of carbonyl (C=O) groups is 3. The van der Waals surface area contributed by atoms with Crippen LogP contribution in [0.2, 0.25) is 0 Å². The van der Waals surface area contributed by atoms with Crippen LogP contribution < -0.4 is 4.90 Å². The van der Waals surface area contributed by atoms with E-state index >= 15 is 0 Å². The van der Waals surface area contributed by atoms with Crippen LogP contribution in [0.15, 0.2) is 42.5 Å². The average molecular weight is 379 g/mol. The topological polar surface area (TPSA) is 72.9 Å². The van der Waals surface area contributed by atoms with Crippen LogP contribution in [0.3, 0.4) is 0 Å². The van der Waals surface area contributed by atoms with Crippen LogP contribution in [-0.4, -0.2) is 37.6 Å². The Hall–Kier alpha value is -3.15. The Kier molecular flexibility index (Phi) is 4.63. The van der Waals surface area contributed by atoms with Gasteiger partial charge in [0.25, 0.3) is 0 Å². The first-order valence-corrected chi connectivity index (χ1v) is 9.28. The molecule has 1 heterocycles. The summed E-state index contributed by atoms with van der Waals surface area (Å²) in [6, 6.07) is 14.3. The molecule has 2 aromatic carbocycles. The van der Waals surface area contributed by atoms with Gasteiger partial charge in [-0.3, -0.25) is 9.59 Å². The summed E-state index contributed by atoms with van der Waals surface area (Å²) in [7, 11) is 1.24. The molecule has 0 N–H and O–H groups in total. The molecule has 0 spiro atoms. The molecule has 28 heavy (non-hydrogen) atoms. The lowest BCUT2D eigenvalue weighted by Crippen LogP contribution is -2.30. The summed E-state index contributed by atoms with van der Waals surface area (Å²) >= 11 is 0. The molecule has 0 radical (unpaired) electrons. The maximum Gasteiger partial charge on any atom is 0.346 e. The summed E-state index contributed by atoms with van der Waals surface area (Å²) in [4.78, 5) is 37.9. The molecule has 0 unspecified atom stereocenters. The second kappa shape index (κ2) is 7.11. The van der Waals surface area contributed by atoms with Crippen LogP contribution in [0.25, 0.3) is 11.1 Å². The van der Waals surface area contributed by atoms with Crippen LogP contribution >= 0.6 is 0 Å². The van der Waals surface area contributed by atoms with Gasteiger partial charge >= 0.3 is 11.9 Å². The van der Waals surface area contributed by atoms with Gasteiger partial charge < -0.3 is 14.4 Å². The Morgan fingerprint density at radius 2 is 1.86 bits per heavy atom. The second-order valence-corrected chi connectivity index (χ2v) is 7.18. The van der Waals surface area contributed by atoms with Gasteiger partial charge in [0, 0.05) is 18.7 Å². The number of ether oxygens (including phenoxy) is 2. The Morgan fingerprint density at radius 3 is 2.64 bits per heavy atom. The number of methoxy groups -OCH3 is 1. The van der Waals surface area contributed by atoms with E-state index in [1.54, 1.807) is 4.90 Å². The van der Waals surface area contributed by atoms with Crippen LogP contribution in [-0.2, 0) is 30.3 Å². The largest absolute Gasteiger partial charge is 0.466 e. The van der Waals surface area contributed by atoms with E-state index < -0.39 is 24.0 Å². The molecule has 0 bridgehead atoms. The van der Waals surface area contributed by atoms with Crippen LogP contribution in [0.4, 0.5) is 5.69 Å². The number of hydrogen-bond donors (Lipinski definition) is 0. The Morgan fingerprint density at radius 1 is 1.11 bits per heavy atom. The van der Waals surface area contributed by atoms with E-state index in [4.69, 9.17) is 4.74 Å². The number of fused-ring (bicyclic) bond motifs is 3. The monoisotopic (exact) mass is 379 g/mol. The van der Waals surface area contributed by atoms with Gasteiger partial charge in [0.2, 0.25) is 5.91 Å². The number of rotatable bonds is 4. The van der Waals surface area contributed by atoms with Gasteiger partial charge in [0.1, 0.15) is 0 Å². The number of esters is 2. The van der Waals surface area contributed by atoms with Crippen molar-refractivity contribution in [3.8, 4) is 11.1 Å². The van der Waals surface area contributed by atoms with Crippen molar-refractivity contribution in [2.45, 2.75) is 25.9 Å². The summed E-state index contributed by atoms with van der Waals surface area (Å²) in [6.07, 6.45) is -0.0757. The highest BCUT2D eigenvalue weighted by atomic mass is 16.6. The standard InChI is InChI=1S/C22H21NO5/c1-13(21(25)27-2)28-22(26)16-11-20(24)23(12-16)17-7-8-19-15(10-17)9-14-5-3-4-6-18(14)19/h3-8,10,13,16H,9,11-12H2,1-2H3/t13-,16-/m1/s1. The van der Waals surface area contributed by atoms with E-state index in [2.05, 4.69) is 16.9 Å². The number of amides is 1. The highest BCUT2D eigenvalue weighted by molar-refractivity contribution is 6.00. The lowest BCUT2D eigenvalue weighted by atomic mass is 10.1. The van der Waals surface area contributed by atoms with Crippen molar-refractivity contribution in [1.29, 1.82) is 0 Å². The molecule has 6 nitrogen and oxygen atoms in total. The number of hydrogen-bond acceptors (Lipinski definition) is 5. The van der Waals surface area contributed by atoms with Crippen molar-refractivity contribution in [1.82, 2.24) is 0 Å². The first-order chi connectivity index (χ1) is 13.5.